The Labute approximate surface area is 234 Å². The number of benzodiazepines with no additional fused rings is 1. The van der Waals surface area contributed by atoms with Crippen LogP contribution in [0.4, 0.5) is 20.6 Å². The number of fused-ring (bicyclic) bond motifs is 2. The Morgan fingerprint density at radius 3 is 2.52 bits per heavy atom. The Bertz CT molecular complexity index is 1750. The largest absolute Gasteiger partial charge is 0.324 e. The third-order valence-electron chi connectivity index (χ3n) is 6.52. The molecular formula is C31H24FN5O2S. The lowest BCUT2D eigenvalue weighted by Gasteiger charge is -2.27. The molecule has 1 aliphatic heterocycles. The molecule has 9 heteroatoms. The van der Waals surface area contributed by atoms with Crippen LogP contribution in [0, 0.1) is 12.7 Å². The second kappa shape index (κ2) is 10.7. The van der Waals surface area contributed by atoms with Gasteiger partial charge in [0.25, 0.3) is 5.91 Å². The maximum Gasteiger partial charge on any atom is 0.324 e. The van der Waals surface area contributed by atoms with Crippen molar-refractivity contribution in [1.29, 1.82) is 0 Å². The predicted octanol–water partition coefficient (Wildman–Crippen LogP) is 6.59. The number of benzene rings is 4. The molecule has 0 fully saturated rings. The number of para-hydroxylation sites is 2. The van der Waals surface area contributed by atoms with Gasteiger partial charge in [0.1, 0.15) is 10.8 Å². The van der Waals surface area contributed by atoms with Crippen molar-refractivity contribution in [2.75, 3.05) is 10.6 Å². The molecule has 0 bridgehead atoms. The van der Waals surface area contributed by atoms with E-state index < -0.39 is 23.9 Å². The molecule has 0 radical (unpaired) electrons. The van der Waals surface area contributed by atoms with E-state index in [1.54, 1.807) is 48.5 Å². The number of nitrogens with zero attached hydrogens (tertiary/aromatic N) is 3. The number of urea groups is 1. The first-order valence-corrected chi connectivity index (χ1v) is 13.5. The van der Waals surface area contributed by atoms with Crippen LogP contribution < -0.4 is 10.6 Å². The monoisotopic (exact) mass is 549 g/mol. The van der Waals surface area contributed by atoms with E-state index in [0.717, 1.165) is 15.8 Å². The van der Waals surface area contributed by atoms with E-state index in [-0.39, 0.29) is 17.8 Å². The average molecular weight is 550 g/mol. The standard InChI is InChI=1S/C31H24FN5O2S/c1-19-9-8-10-20(17-19)33-31(39)37(18-27-34-25-15-6-7-16-26(25)40-27)29-30(38)35-24-14-5-3-12-22(24)28(36-29)21-11-2-4-13-23(21)32/h2-17,29H,18H2,1H3,(H,33,39)(H,35,38). The summed E-state index contributed by atoms with van der Waals surface area (Å²) in [4.78, 5) is 38.3. The van der Waals surface area contributed by atoms with Crippen molar-refractivity contribution >= 4 is 50.6 Å². The van der Waals surface area contributed by atoms with E-state index in [1.165, 1.54) is 22.3 Å². The van der Waals surface area contributed by atoms with Gasteiger partial charge in [-0.05, 0) is 55.0 Å². The highest BCUT2D eigenvalue weighted by atomic mass is 32.1. The number of thiazole rings is 1. The highest BCUT2D eigenvalue weighted by molar-refractivity contribution is 7.18. The number of aryl methyl sites for hydroxylation is 1. The SMILES string of the molecule is Cc1cccc(NC(=O)N(Cc2nc3ccccc3s2)C2N=C(c3ccccc3F)c3ccccc3NC2=O)c1. The fraction of sp³-hybridized carbons (Fsp3) is 0.0968. The first-order chi connectivity index (χ1) is 19.5. The number of hydrogen-bond donors (Lipinski definition) is 2. The Morgan fingerprint density at radius 2 is 1.73 bits per heavy atom. The van der Waals surface area contributed by atoms with Gasteiger partial charge in [0, 0.05) is 16.8 Å². The maximum absolute atomic E-state index is 15.1. The Balaban J connectivity index is 1.47. The van der Waals surface area contributed by atoms with Gasteiger partial charge in [-0.25, -0.2) is 19.2 Å². The molecule has 6 rings (SSSR count). The van der Waals surface area contributed by atoms with Crippen LogP contribution in [0.2, 0.25) is 0 Å². The van der Waals surface area contributed by atoms with Crippen molar-refractivity contribution in [3.8, 4) is 0 Å². The van der Waals surface area contributed by atoms with Crippen LogP contribution >= 0.6 is 11.3 Å². The molecule has 3 amide bonds. The molecule has 40 heavy (non-hydrogen) atoms. The summed E-state index contributed by atoms with van der Waals surface area (Å²) in [5, 5.41) is 6.44. The third-order valence-corrected chi connectivity index (χ3v) is 7.55. The van der Waals surface area contributed by atoms with Crippen LogP contribution in [-0.2, 0) is 11.3 Å². The van der Waals surface area contributed by atoms with E-state index in [9.17, 15) is 9.59 Å². The number of amides is 3. The number of carbonyl (C=O) groups is 2. The van der Waals surface area contributed by atoms with Crippen LogP contribution in [0.3, 0.4) is 0 Å². The molecular weight excluding hydrogens is 525 g/mol. The van der Waals surface area contributed by atoms with Crippen LogP contribution in [-0.4, -0.2) is 33.7 Å². The summed E-state index contributed by atoms with van der Waals surface area (Å²) < 4.78 is 16.1. The molecule has 0 aliphatic carbocycles. The van der Waals surface area contributed by atoms with Gasteiger partial charge in [0.2, 0.25) is 6.17 Å². The van der Waals surface area contributed by atoms with Crippen molar-refractivity contribution in [3.05, 3.63) is 125 Å². The van der Waals surface area contributed by atoms with E-state index >= 15 is 4.39 Å². The smallest absolute Gasteiger partial charge is 0.322 e. The van der Waals surface area contributed by atoms with Gasteiger partial charge in [-0.2, -0.15) is 0 Å². The Morgan fingerprint density at radius 1 is 0.975 bits per heavy atom. The fourth-order valence-electron chi connectivity index (χ4n) is 4.65. The van der Waals surface area contributed by atoms with Gasteiger partial charge in [0.15, 0.2) is 0 Å². The van der Waals surface area contributed by atoms with Crippen molar-refractivity contribution in [3.63, 3.8) is 0 Å². The molecule has 2 heterocycles. The average Bonchev–Trinajstić information content (AvgIpc) is 3.30. The molecule has 1 aliphatic rings. The third kappa shape index (κ3) is 5.06. The molecule has 1 unspecified atom stereocenters. The lowest BCUT2D eigenvalue weighted by atomic mass is 10.0. The first kappa shape index (κ1) is 25.4. The summed E-state index contributed by atoms with van der Waals surface area (Å²) in [7, 11) is 0. The zero-order chi connectivity index (χ0) is 27.6. The number of halogens is 1. The summed E-state index contributed by atoms with van der Waals surface area (Å²) in [5.74, 6) is -0.995. The van der Waals surface area contributed by atoms with Crippen molar-refractivity contribution in [2.24, 2.45) is 4.99 Å². The summed E-state index contributed by atoms with van der Waals surface area (Å²) in [6.45, 7) is 1.94. The molecule has 4 aromatic carbocycles. The number of carbonyl (C=O) groups excluding carboxylic acids is 2. The number of rotatable bonds is 5. The summed E-state index contributed by atoms with van der Waals surface area (Å²) >= 11 is 1.44. The Hall–Kier alpha value is -4.89. The van der Waals surface area contributed by atoms with Crippen LogP contribution in [0.15, 0.2) is 102 Å². The molecule has 2 N–H and O–H groups in total. The van der Waals surface area contributed by atoms with Gasteiger partial charge in [-0.15, -0.1) is 11.3 Å². The molecule has 1 aromatic heterocycles. The highest BCUT2D eigenvalue weighted by Gasteiger charge is 2.35. The number of anilines is 2. The molecule has 198 valence electrons. The summed E-state index contributed by atoms with van der Waals surface area (Å²) in [6.07, 6.45) is -1.31. The number of hydrogen-bond acceptors (Lipinski definition) is 5. The minimum Gasteiger partial charge on any atom is -0.322 e. The van der Waals surface area contributed by atoms with Gasteiger partial charge >= 0.3 is 6.03 Å². The van der Waals surface area contributed by atoms with Crippen LogP contribution in [0.5, 0.6) is 0 Å². The van der Waals surface area contributed by atoms with E-state index in [4.69, 9.17) is 4.99 Å². The molecule has 0 spiro atoms. The molecule has 0 saturated heterocycles. The van der Waals surface area contributed by atoms with Gasteiger partial charge in [-0.3, -0.25) is 9.69 Å². The molecule has 0 saturated carbocycles. The van der Waals surface area contributed by atoms with Crippen molar-refractivity contribution in [1.82, 2.24) is 9.88 Å². The first-order valence-electron chi connectivity index (χ1n) is 12.7. The second-order valence-electron chi connectivity index (χ2n) is 9.37. The van der Waals surface area contributed by atoms with E-state index in [2.05, 4.69) is 15.6 Å². The van der Waals surface area contributed by atoms with Crippen molar-refractivity contribution in [2.45, 2.75) is 19.6 Å². The van der Waals surface area contributed by atoms with Gasteiger partial charge in [-0.1, -0.05) is 54.6 Å². The maximum atomic E-state index is 15.1. The highest BCUT2D eigenvalue weighted by Crippen LogP contribution is 2.29. The molecule has 1 atom stereocenters. The van der Waals surface area contributed by atoms with Crippen molar-refractivity contribution < 1.29 is 14.0 Å². The second-order valence-corrected chi connectivity index (χ2v) is 10.5. The van der Waals surface area contributed by atoms with Gasteiger partial charge < -0.3 is 10.6 Å². The minimum atomic E-state index is -1.31. The van der Waals surface area contributed by atoms with E-state index in [1.807, 2.05) is 49.4 Å². The fourth-order valence-corrected chi connectivity index (χ4v) is 5.61. The summed E-state index contributed by atoms with van der Waals surface area (Å²) in [5.41, 5.74) is 3.89. The zero-order valence-corrected chi connectivity index (χ0v) is 22.3. The number of nitrogens with one attached hydrogen (secondary N) is 2. The predicted molar refractivity (Wildman–Crippen MR) is 156 cm³/mol. The normalized spacial score (nSPS) is 14.6. The Kier molecular flexibility index (Phi) is 6.79. The molecule has 5 aromatic rings. The van der Waals surface area contributed by atoms with E-state index in [0.29, 0.717) is 21.9 Å². The lowest BCUT2D eigenvalue weighted by molar-refractivity contribution is -0.120. The minimum absolute atomic E-state index is 0.0134. The quantitative estimate of drug-likeness (QED) is 0.259. The summed E-state index contributed by atoms with van der Waals surface area (Å²) in [6, 6.07) is 27.9. The van der Waals surface area contributed by atoms with Crippen LogP contribution in [0.25, 0.3) is 10.2 Å². The lowest BCUT2D eigenvalue weighted by Crippen LogP contribution is -2.47. The molecule has 7 nitrogen and oxygen atoms in total. The number of aliphatic imine (C=N–C) groups is 1. The van der Waals surface area contributed by atoms with Gasteiger partial charge in [0.05, 0.1) is 28.2 Å². The van der Waals surface area contributed by atoms with Crippen LogP contribution in [0.1, 0.15) is 21.7 Å². The number of aromatic nitrogens is 1. The zero-order valence-electron chi connectivity index (χ0n) is 21.5. The topological polar surface area (TPSA) is 86.7 Å².